The largest absolute Gasteiger partial charge is 0.478 e. The Kier molecular flexibility index (Phi) is 3.31. The van der Waals surface area contributed by atoms with Crippen molar-refractivity contribution < 1.29 is 9.90 Å². The van der Waals surface area contributed by atoms with E-state index in [0.717, 1.165) is 18.7 Å². The van der Waals surface area contributed by atoms with E-state index in [-0.39, 0.29) is 0 Å². The van der Waals surface area contributed by atoms with Gasteiger partial charge in [0.05, 0.1) is 5.56 Å². The molecule has 0 radical (unpaired) electrons. The van der Waals surface area contributed by atoms with Crippen LogP contribution in [0.15, 0.2) is 24.3 Å². The Bertz CT molecular complexity index is 477. The van der Waals surface area contributed by atoms with Gasteiger partial charge in [-0.2, -0.15) is 0 Å². The molecule has 0 unspecified atom stereocenters. The molecule has 1 aromatic carbocycles. The van der Waals surface area contributed by atoms with Crippen LogP contribution in [0.5, 0.6) is 0 Å². The molecule has 2 fully saturated rings. The monoisotopic (exact) mass is 259 g/mol. The minimum atomic E-state index is -0.837. The summed E-state index contributed by atoms with van der Waals surface area (Å²) in [6.45, 7) is 3.25. The van der Waals surface area contributed by atoms with Crippen molar-refractivity contribution in [2.75, 3.05) is 13.1 Å². The van der Waals surface area contributed by atoms with Crippen LogP contribution in [0.4, 0.5) is 0 Å². The first kappa shape index (κ1) is 12.7. The van der Waals surface area contributed by atoms with Gasteiger partial charge in [-0.25, -0.2) is 4.79 Å². The van der Waals surface area contributed by atoms with Gasteiger partial charge in [-0.15, -0.1) is 0 Å². The number of likely N-dealkylation sites (tertiary alicyclic amines) is 1. The lowest BCUT2D eigenvalue weighted by Gasteiger charge is -2.23. The second-order valence-electron chi connectivity index (χ2n) is 6.17. The molecule has 102 valence electrons. The Hall–Kier alpha value is -1.35. The van der Waals surface area contributed by atoms with Crippen molar-refractivity contribution in [2.24, 2.45) is 5.41 Å². The number of carboxylic acids is 1. The molecule has 1 aliphatic carbocycles. The van der Waals surface area contributed by atoms with Gasteiger partial charge in [-0.1, -0.05) is 25.0 Å². The predicted octanol–water partition coefficient (Wildman–Crippen LogP) is 3.15. The van der Waals surface area contributed by atoms with Gasteiger partial charge in [0.15, 0.2) is 0 Å². The molecule has 1 saturated heterocycles. The lowest BCUT2D eigenvalue weighted by molar-refractivity contribution is 0.0696. The van der Waals surface area contributed by atoms with Crippen LogP contribution >= 0.6 is 0 Å². The maximum atomic E-state index is 11.0. The third-order valence-electron chi connectivity index (χ3n) is 4.76. The second-order valence-corrected chi connectivity index (χ2v) is 6.17. The number of nitrogens with zero attached hydrogens (tertiary/aromatic N) is 1. The highest BCUT2D eigenvalue weighted by molar-refractivity contribution is 5.87. The minimum absolute atomic E-state index is 0.396. The number of hydrogen-bond acceptors (Lipinski definition) is 2. The van der Waals surface area contributed by atoms with Gasteiger partial charge in [-0.3, -0.25) is 4.90 Å². The van der Waals surface area contributed by atoms with Crippen molar-refractivity contribution in [1.82, 2.24) is 4.90 Å². The zero-order chi connectivity index (χ0) is 13.3. The molecule has 0 amide bonds. The quantitative estimate of drug-likeness (QED) is 0.906. The third kappa shape index (κ3) is 2.66. The molecular formula is C16H21NO2. The van der Waals surface area contributed by atoms with Gasteiger partial charge in [0, 0.05) is 13.1 Å². The van der Waals surface area contributed by atoms with Crippen molar-refractivity contribution in [3.63, 3.8) is 0 Å². The summed E-state index contributed by atoms with van der Waals surface area (Å²) in [6.07, 6.45) is 6.88. The molecule has 0 bridgehead atoms. The average Bonchev–Trinajstić information content (AvgIpc) is 3.01. The zero-order valence-electron chi connectivity index (χ0n) is 11.3. The molecule has 3 rings (SSSR count). The number of aromatic carboxylic acids is 1. The summed E-state index contributed by atoms with van der Waals surface area (Å²) in [5.41, 5.74) is 2.10. The van der Waals surface area contributed by atoms with Crippen LogP contribution in [0.25, 0.3) is 0 Å². The Morgan fingerprint density at radius 1 is 1.26 bits per heavy atom. The number of carbonyl (C=O) groups is 1. The van der Waals surface area contributed by atoms with E-state index in [2.05, 4.69) is 4.90 Å². The number of benzene rings is 1. The fourth-order valence-corrected chi connectivity index (χ4v) is 3.76. The van der Waals surface area contributed by atoms with Crippen LogP contribution in [0.1, 0.15) is 48.0 Å². The second kappa shape index (κ2) is 4.97. The molecular weight excluding hydrogens is 238 g/mol. The van der Waals surface area contributed by atoms with Crippen molar-refractivity contribution in [3.8, 4) is 0 Å². The summed E-state index contributed by atoms with van der Waals surface area (Å²) >= 11 is 0. The van der Waals surface area contributed by atoms with Crippen LogP contribution in [0.3, 0.4) is 0 Å². The molecule has 1 spiro atoms. The zero-order valence-corrected chi connectivity index (χ0v) is 11.3. The Balaban J connectivity index is 1.66. The summed E-state index contributed by atoms with van der Waals surface area (Å²) in [6, 6.07) is 7.35. The maximum absolute atomic E-state index is 11.0. The summed E-state index contributed by atoms with van der Waals surface area (Å²) in [5.74, 6) is -0.837. The molecule has 19 heavy (non-hydrogen) atoms. The Morgan fingerprint density at radius 2 is 2.05 bits per heavy atom. The van der Waals surface area contributed by atoms with E-state index >= 15 is 0 Å². The maximum Gasteiger partial charge on any atom is 0.335 e. The molecule has 1 saturated carbocycles. The van der Waals surface area contributed by atoms with E-state index in [0.29, 0.717) is 11.0 Å². The van der Waals surface area contributed by atoms with Gasteiger partial charge in [0.25, 0.3) is 0 Å². The van der Waals surface area contributed by atoms with E-state index in [1.165, 1.54) is 38.6 Å². The molecule has 1 aliphatic heterocycles. The van der Waals surface area contributed by atoms with Gasteiger partial charge < -0.3 is 5.11 Å². The Labute approximate surface area is 114 Å². The molecule has 1 aromatic rings. The first-order valence-electron chi connectivity index (χ1n) is 7.22. The van der Waals surface area contributed by atoms with Gasteiger partial charge in [-0.05, 0) is 48.9 Å². The molecule has 0 atom stereocenters. The molecule has 2 aliphatic rings. The van der Waals surface area contributed by atoms with Gasteiger partial charge in [0.2, 0.25) is 0 Å². The van der Waals surface area contributed by atoms with E-state index in [9.17, 15) is 4.79 Å². The summed E-state index contributed by atoms with van der Waals surface area (Å²) in [5, 5.41) is 9.02. The topological polar surface area (TPSA) is 40.5 Å². The van der Waals surface area contributed by atoms with Crippen LogP contribution in [0, 0.1) is 5.41 Å². The number of rotatable bonds is 3. The van der Waals surface area contributed by atoms with E-state index in [1.54, 1.807) is 6.07 Å². The van der Waals surface area contributed by atoms with Crippen LogP contribution in [-0.2, 0) is 6.54 Å². The fraction of sp³-hybridized carbons (Fsp3) is 0.562. The van der Waals surface area contributed by atoms with Crippen LogP contribution < -0.4 is 0 Å². The number of hydrogen-bond donors (Lipinski definition) is 1. The first-order valence-corrected chi connectivity index (χ1v) is 7.22. The third-order valence-corrected chi connectivity index (χ3v) is 4.76. The van der Waals surface area contributed by atoms with Crippen LogP contribution in [0.2, 0.25) is 0 Å². The lowest BCUT2D eigenvalue weighted by Crippen LogP contribution is -2.24. The highest BCUT2D eigenvalue weighted by Crippen LogP contribution is 2.45. The normalized spacial score (nSPS) is 22.1. The SMILES string of the molecule is O=C(O)c1cccc(CN2CCC3(CCCC3)C2)c1. The summed E-state index contributed by atoms with van der Waals surface area (Å²) in [4.78, 5) is 13.5. The Morgan fingerprint density at radius 3 is 2.79 bits per heavy atom. The number of carboxylic acid groups (broad SMARTS) is 1. The first-order chi connectivity index (χ1) is 9.17. The van der Waals surface area contributed by atoms with E-state index in [1.807, 2.05) is 18.2 Å². The lowest BCUT2D eigenvalue weighted by atomic mass is 9.86. The molecule has 3 heteroatoms. The van der Waals surface area contributed by atoms with Crippen molar-refractivity contribution >= 4 is 5.97 Å². The summed E-state index contributed by atoms with van der Waals surface area (Å²) < 4.78 is 0. The smallest absolute Gasteiger partial charge is 0.335 e. The van der Waals surface area contributed by atoms with Crippen LogP contribution in [-0.4, -0.2) is 29.1 Å². The fourth-order valence-electron chi connectivity index (χ4n) is 3.76. The highest BCUT2D eigenvalue weighted by atomic mass is 16.4. The molecule has 3 nitrogen and oxygen atoms in total. The van der Waals surface area contributed by atoms with Crippen molar-refractivity contribution in [3.05, 3.63) is 35.4 Å². The molecule has 1 heterocycles. The van der Waals surface area contributed by atoms with E-state index in [4.69, 9.17) is 5.11 Å². The molecule has 0 aromatic heterocycles. The van der Waals surface area contributed by atoms with Crippen molar-refractivity contribution in [2.45, 2.75) is 38.6 Å². The average molecular weight is 259 g/mol. The summed E-state index contributed by atoms with van der Waals surface area (Å²) in [7, 11) is 0. The van der Waals surface area contributed by atoms with Gasteiger partial charge in [0.1, 0.15) is 0 Å². The highest BCUT2D eigenvalue weighted by Gasteiger charge is 2.39. The minimum Gasteiger partial charge on any atom is -0.478 e. The molecule has 1 N–H and O–H groups in total. The van der Waals surface area contributed by atoms with Crippen molar-refractivity contribution in [1.29, 1.82) is 0 Å². The van der Waals surface area contributed by atoms with E-state index < -0.39 is 5.97 Å². The van der Waals surface area contributed by atoms with Gasteiger partial charge >= 0.3 is 5.97 Å². The standard InChI is InChI=1S/C16H21NO2/c18-15(19)14-5-3-4-13(10-14)11-17-9-8-16(12-17)6-1-2-7-16/h3-5,10H,1-2,6-9,11-12H2,(H,18,19). The predicted molar refractivity (Wildman–Crippen MR) is 74.2 cm³/mol.